The Morgan fingerprint density at radius 3 is 2.25 bits per heavy atom. The van der Waals surface area contributed by atoms with Gasteiger partial charge < -0.3 is 4.74 Å². The summed E-state index contributed by atoms with van der Waals surface area (Å²) in [6.45, 7) is 7.48. The minimum absolute atomic E-state index is 0.297. The van der Waals surface area contributed by atoms with E-state index in [2.05, 4.69) is 0 Å². The van der Waals surface area contributed by atoms with Gasteiger partial charge in [0.15, 0.2) is 0 Å². The number of ether oxygens (including phenoxy) is 1. The molecule has 0 saturated carbocycles. The van der Waals surface area contributed by atoms with Gasteiger partial charge in [0.2, 0.25) is 0 Å². The molecular formula is C14H18O2. The zero-order chi connectivity index (χ0) is 12.2. The molecule has 0 aromatic heterocycles. The maximum atomic E-state index is 11.5. The van der Waals surface area contributed by atoms with E-state index in [9.17, 15) is 4.79 Å². The topological polar surface area (TPSA) is 26.3 Å². The Morgan fingerprint density at radius 1 is 1.19 bits per heavy atom. The third-order valence-electron chi connectivity index (χ3n) is 1.97. The molecule has 86 valence electrons. The number of rotatable bonds is 2. The summed E-state index contributed by atoms with van der Waals surface area (Å²) < 4.78 is 5.21. The first-order valence-corrected chi connectivity index (χ1v) is 5.35. The van der Waals surface area contributed by atoms with Gasteiger partial charge in [-0.25, -0.2) is 4.79 Å². The first-order valence-electron chi connectivity index (χ1n) is 5.35. The summed E-state index contributed by atoms with van der Waals surface area (Å²) in [5.74, 6) is -0.297. The largest absolute Gasteiger partial charge is 0.457 e. The van der Waals surface area contributed by atoms with Crippen LogP contribution in [0.3, 0.4) is 0 Å². The molecule has 2 heteroatoms. The van der Waals surface area contributed by atoms with E-state index in [0.717, 1.165) is 11.1 Å². The maximum absolute atomic E-state index is 11.5. The van der Waals surface area contributed by atoms with Crippen molar-refractivity contribution in [3.8, 4) is 0 Å². The van der Waals surface area contributed by atoms with Crippen LogP contribution in [0, 0.1) is 0 Å². The average molecular weight is 218 g/mol. The number of benzene rings is 1. The predicted molar refractivity (Wildman–Crippen MR) is 65.9 cm³/mol. The number of carbonyl (C=O) groups is 1. The minimum atomic E-state index is -0.440. The number of carbonyl (C=O) groups excluding carboxylic acids is 1. The Hall–Kier alpha value is -1.57. The minimum Gasteiger partial charge on any atom is -0.457 e. The molecule has 0 radical (unpaired) electrons. The normalized spacial score (nSPS) is 12.4. The molecule has 0 aliphatic carbocycles. The zero-order valence-corrected chi connectivity index (χ0v) is 10.3. The molecule has 0 spiro atoms. The fourth-order valence-corrected chi connectivity index (χ4v) is 1.29. The fraction of sp³-hybridized carbons (Fsp3) is 0.357. The molecule has 0 amide bonds. The monoisotopic (exact) mass is 218 g/mol. The molecule has 0 aliphatic rings. The van der Waals surface area contributed by atoms with Gasteiger partial charge in [0, 0.05) is 6.08 Å². The lowest BCUT2D eigenvalue weighted by Gasteiger charge is -2.18. The van der Waals surface area contributed by atoms with E-state index in [4.69, 9.17) is 4.74 Å². The first kappa shape index (κ1) is 12.5. The Balaban J connectivity index is 2.75. The van der Waals surface area contributed by atoms with E-state index in [-0.39, 0.29) is 5.97 Å². The zero-order valence-electron chi connectivity index (χ0n) is 10.3. The summed E-state index contributed by atoms with van der Waals surface area (Å²) >= 11 is 0. The van der Waals surface area contributed by atoms with Gasteiger partial charge in [0.05, 0.1) is 0 Å². The molecular weight excluding hydrogens is 200 g/mol. The van der Waals surface area contributed by atoms with Crippen LogP contribution in [0.5, 0.6) is 0 Å². The van der Waals surface area contributed by atoms with E-state index in [1.54, 1.807) is 0 Å². The van der Waals surface area contributed by atoms with Crippen molar-refractivity contribution >= 4 is 11.5 Å². The Labute approximate surface area is 96.9 Å². The summed E-state index contributed by atoms with van der Waals surface area (Å²) in [4.78, 5) is 11.5. The molecule has 0 heterocycles. The summed E-state index contributed by atoms with van der Waals surface area (Å²) in [6, 6.07) is 9.78. The van der Waals surface area contributed by atoms with Crippen molar-refractivity contribution in [3.05, 3.63) is 42.0 Å². The third kappa shape index (κ3) is 4.30. The van der Waals surface area contributed by atoms with Gasteiger partial charge in [-0.3, -0.25) is 0 Å². The molecule has 0 fully saturated rings. The van der Waals surface area contributed by atoms with Gasteiger partial charge in [-0.2, -0.15) is 0 Å². The molecule has 1 rings (SSSR count). The van der Waals surface area contributed by atoms with Gasteiger partial charge in [0.1, 0.15) is 5.60 Å². The highest BCUT2D eigenvalue weighted by Crippen LogP contribution is 2.14. The number of esters is 1. The molecule has 1 aromatic carbocycles. The van der Waals surface area contributed by atoms with Crippen molar-refractivity contribution in [1.82, 2.24) is 0 Å². The molecule has 16 heavy (non-hydrogen) atoms. The standard InChI is InChI=1S/C14H18O2/c1-11(12-8-6-5-7-9-12)10-13(15)16-14(2,3)4/h5-10H,1-4H3. The lowest BCUT2D eigenvalue weighted by molar-refractivity contribution is -0.148. The summed E-state index contributed by atoms with van der Waals surface area (Å²) in [7, 11) is 0. The second kappa shape index (κ2) is 4.97. The van der Waals surface area contributed by atoms with Crippen molar-refractivity contribution in [3.63, 3.8) is 0 Å². The van der Waals surface area contributed by atoms with Gasteiger partial charge in [-0.1, -0.05) is 30.3 Å². The van der Waals surface area contributed by atoms with Crippen LogP contribution in [0.1, 0.15) is 33.3 Å². The van der Waals surface area contributed by atoms with Crippen LogP contribution in [0.15, 0.2) is 36.4 Å². The highest BCUT2D eigenvalue weighted by Gasteiger charge is 2.14. The lowest BCUT2D eigenvalue weighted by atomic mass is 10.1. The Bertz CT molecular complexity index is 383. The molecule has 2 nitrogen and oxygen atoms in total. The smallest absolute Gasteiger partial charge is 0.331 e. The van der Waals surface area contributed by atoms with Gasteiger partial charge >= 0.3 is 5.97 Å². The molecule has 0 aliphatic heterocycles. The van der Waals surface area contributed by atoms with E-state index in [1.165, 1.54) is 6.08 Å². The Kier molecular flexibility index (Phi) is 3.88. The second-order valence-electron chi connectivity index (χ2n) is 4.73. The van der Waals surface area contributed by atoms with Crippen molar-refractivity contribution in [2.24, 2.45) is 0 Å². The van der Waals surface area contributed by atoms with Crippen LogP contribution in [0.2, 0.25) is 0 Å². The van der Waals surface area contributed by atoms with Crippen LogP contribution in [0.4, 0.5) is 0 Å². The molecule has 0 saturated heterocycles. The van der Waals surface area contributed by atoms with E-state index < -0.39 is 5.60 Å². The van der Waals surface area contributed by atoms with Gasteiger partial charge in [-0.15, -0.1) is 0 Å². The van der Waals surface area contributed by atoms with Crippen molar-refractivity contribution < 1.29 is 9.53 Å². The number of hydrogen-bond acceptors (Lipinski definition) is 2. The van der Waals surface area contributed by atoms with E-state index in [1.807, 2.05) is 58.0 Å². The molecule has 0 N–H and O–H groups in total. The molecule has 0 unspecified atom stereocenters. The first-order chi connectivity index (χ1) is 7.38. The van der Waals surface area contributed by atoms with Gasteiger partial charge in [-0.05, 0) is 38.8 Å². The lowest BCUT2D eigenvalue weighted by Crippen LogP contribution is -2.22. The summed E-state index contributed by atoms with van der Waals surface area (Å²) in [6.07, 6.45) is 1.53. The van der Waals surface area contributed by atoms with Crippen molar-refractivity contribution in [1.29, 1.82) is 0 Å². The fourth-order valence-electron chi connectivity index (χ4n) is 1.29. The second-order valence-corrected chi connectivity index (χ2v) is 4.73. The van der Waals surface area contributed by atoms with Crippen LogP contribution in [0.25, 0.3) is 5.57 Å². The maximum Gasteiger partial charge on any atom is 0.331 e. The number of hydrogen-bond donors (Lipinski definition) is 0. The predicted octanol–water partition coefficient (Wildman–Crippen LogP) is 3.43. The van der Waals surface area contributed by atoms with E-state index in [0.29, 0.717) is 0 Å². The Morgan fingerprint density at radius 2 is 1.75 bits per heavy atom. The molecule has 0 atom stereocenters. The van der Waals surface area contributed by atoms with Crippen molar-refractivity contribution in [2.75, 3.05) is 0 Å². The van der Waals surface area contributed by atoms with Crippen molar-refractivity contribution in [2.45, 2.75) is 33.3 Å². The van der Waals surface area contributed by atoms with Crippen LogP contribution < -0.4 is 0 Å². The highest BCUT2D eigenvalue weighted by molar-refractivity contribution is 5.91. The SMILES string of the molecule is CC(=CC(=O)OC(C)(C)C)c1ccccc1. The summed E-state index contributed by atoms with van der Waals surface area (Å²) in [5, 5.41) is 0. The quantitative estimate of drug-likeness (QED) is 0.561. The molecule has 0 bridgehead atoms. The third-order valence-corrected chi connectivity index (χ3v) is 1.97. The van der Waals surface area contributed by atoms with Crippen LogP contribution in [-0.4, -0.2) is 11.6 Å². The van der Waals surface area contributed by atoms with E-state index >= 15 is 0 Å². The van der Waals surface area contributed by atoms with Crippen LogP contribution >= 0.6 is 0 Å². The summed E-state index contributed by atoms with van der Waals surface area (Å²) in [5.41, 5.74) is 1.51. The molecule has 1 aromatic rings. The van der Waals surface area contributed by atoms with Gasteiger partial charge in [0.25, 0.3) is 0 Å². The average Bonchev–Trinajstić information content (AvgIpc) is 2.16. The highest BCUT2D eigenvalue weighted by atomic mass is 16.6. The number of allylic oxidation sites excluding steroid dienone is 1. The van der Waals surface area contributed by atoms with Crippen LogP contribution in [-0.2, 0) is 9.53 Å².